The number of hydrogen-bond acceptors (Lipinski definition) is 4. The molecule has 0 bridgehead atoms. The van der Waals surface area contributed by atoms with E-state index in [1.807, 2.05) is 38.2 Å². The molecule has 5 heteroatoms. The molecule has 1 aromatic carbocycles. The Bertz CT molecular complexity index is 573. The van der Waals surface area contributed by atoms with Crippen LogP contribution in [0.1, 0.15) is 24.1 Å². The number of nitrogens with two attached hydrogens (primary N) is 1. The average molecular weight is 274 g/mol. The summed E-state index contributed by atoms with van der Waals surface area (Å²) in [4.78, 5) is 6.21. The van der Waals surface area contributed by atoms with E-state index in [9.17, 15) is 4.39 Å². The molecule has 0 radical (unpaired) electrons. The molecule has 1 aromatic heterocycles. The molecule has 0 spiro atoms. The maximum atomic E-state index is 13.8. The number of pyridine rings is 1. The first-order chi connectivity index (χ1) is 9.63. The smallest absolute Gasteiger partial charge is 0.144 e. The zero-order valence-electron chi connectivity index (χ0n) is 11.7. The Balaban J connectivity index is 2.16. The highest BCUT2D eigenvalue weighted by atomic mass is 19.1. The lowest BCUT2D eigenvalue weighted by Gasteiger charge is -2.26. The first kappa shape index (κ1) is 14.4. The number of nitrogens with one attached hydrogen (secondary N) is 1. The van der Waals surface area contributed by atoms with E-state index in [1.54, 1.807) is 12.3 Å². The van der Waals surface area contributed by atoms with Gasteiger partial charge in [-0.2, -0.15) is 0 Å². The Morgan fingerprint density at radius 3 is 2.75 bits per heavy atom. The Morgan fingerprint density at radius 1 is 1.30 bits per heavy atom. The molecule has 2 aromatic rings. The summed E-state index contributed by atoms with van der Waals surface area (Å²) in [5.41, 5.74) is 4.23. The molecule has 1 unspecified atom stereocenters. The van der Waals surface area contributed by atoms with Crippen LogP contribution in [0.15, 0.2) is 42.6 Å². The van der Waals surface area contributed by atoms with Gasteiger partial charge in [-0.15, -0.1) is 0 Å². The Kier molecular flexibility index (Phi) is 4.65. The maximum Gasteiger partial charge on any atom is 0.144 e. The molecular weight excluding hydrogens is 255 g/mol. The lowest BCUT2D eigenvalue weighted by Crippen LogP contribution is -2.24. The highest BCUT2D eigenvalue weighted by Gasteiger charge is 2.16. The number of hydrazine groups is 1. The van der Waals surface area contributed by atoms with Gasteiger partial charge in [0.15, 0.2) is 0 Å². The van der Waals surface area contributed by atoms with E-state index in [4.69, 9.17) is 5.84 Å². The zero-order valence-corrected chi connectivity index (χ0v) is 11.7. The van der Waals surface area contributed by atoms with Crippen LogP contribution in [0.25, 0.3) is 0 Å². The molecule has 0 saturated heterocycles. The fraction of sp³-hybridized carbons (Fsp3) is 0.267. The summed E-state index contributed by atoms with van der Waals surface area (Å²) in [5.74, 6) is 5.90. The highest BCUT2D eigenvalue weighted by Crippen LogP contribution is 2.24. The van der Waals surface area contributed by atoms with E-state index in [-0.39, 0.29) is 11.9 Å². The molecule has 3 N–H and O–H groups in total. The maximum absolute atomic E-state index is 13.8. The first-order valence-electron chi connectivity index (χ1n) is 6.48. The van der Waals surface area contributed by atoms with Gasteiger partial charge in [0.05, 0.1) is 0 Å². The number of benzene rings is 1. The van der Waals surface area contributed by atoms with Crippen molar-refractivity contribution in [2.75, 3.05) is 12.5 Å². The SMILES string of the molecule is CC(c1ccccc1F)N(C)Cc1cccnc1NN. The molecule has 4 nitrogen and oxygen atoms in total. The van der Waals surface area contributed by atoms with Crippen LogP contribution in [0, 0.1) is 5.82 Å². The monoisotopic (exact) mass is 274 g/mol. The van der Waals surface area contributed by atoms with E-state index in [0.29, 0.717) is 17.9 Å². The van der Waals surface area contributed by atoms with Crippen molar-refractivity contribution in [3.63, 3.8) is 0 Å². The number of anilines is 1. The number of nitrogen functional groups attached to an aromatic ring is 1. The van der Waals surface area contributed by atoms with Gasteiger partial charge < -0.3 is 5.43 Å². The van der Waals surface area contributed by atoms with Crippen molar-refractivity contribution in [3.8, 4) is 0 Å². The normalized spacial score (nSPS) is 12.4. The van der Waals surface area contributed by atoms with Gasteiger partial charge in [-0.1, -0.05) is 24.3 Å². The van der Waals surface area contributed by atoms with Crippen molar-refractivity contribution in [2.45, 2.75) is 19.5 Å². The van der Waals surface area contributed by atoms with E-state index in [1.165, 1.54) is 6.07 Å². The fourth-order valence-corrected chi connectivity index (χ4v) is 2.15. The van der Waals surface area contributed by atoms with Crippen molar-refractivity contribution in [2.24, 2.45) is 5.84 Å². The molecule has 0 amide bonds. The van der Waals surface area contributed by atoms with Crippen molar-refractivity contribution >= 4 is 5.82 Å². The number of nitrogens with zero attached hydrogens (tertiary/aromatic N) is 2. The standard InChI is InChI=1S/C15H19FN4/c1-11(13-7-3-4-8-14(13)16)20(2)10-12-6-5-9-18-15(12)19-17/h3-9,11H,10,17H2,1-2H3,(H,18,19). The van der Waals surface area contributed by atoms with Crippen LogP contribution in [0.2, 0.25) is 0 Å². The van der Waals surface area contributed by atoms with Crippen LogP contribution in [-0.4, -0.2) is 16.9 Å². The van der Waals surface area contributed by atoms with Gasteiger partial charge >= 0.3 is 0 Å². The third-order valence-electron chi connectivity index (χ3n) is 3.46. The van der Waals surface area contributed by atoms with Crippen LogP contribution in [0.3, 0.4) is 0 Å². The van der Waals surface area contributed by atoms with Crippen LogP contribution in [0.4, 0.5) is 10.2 Å². The fourth-order valence-electron chi connectivity index (χ4n) is 2.15. The Labute approximate surface area is 118 Å². The number of rotatable bonds is 5. The average Bonchev–Trinajstić information content (AvgIpc) is 2.47. The molecular formula is C15H19FN4. The van der Waals surface area contributed by atoms with Gasteiger partial charge in [0.25, 0.3) is 0 Å². The molecule has 106 valence electrons. The quantitative estimate of drug-likeness (QED) is 0.650. The summed E-state index contributed by atoms with van der Waals surface area (Å²) in [7, 11) is 1.95. The summed E-state index contributed by atoms with van der Waals surface area (Å²) < 4.78 is 13.8. The van der Waals surface area contributed by atoms with Crippen LogP contribution in [0.5, 0.6) is 0 Å². The van der Waals surface area contributed by atoms with Crippen molar-refractivity contribution in [1.29, 1.82) is 0 Å². The minimum Gasteiger partial charge on any atom is -0.308 e. The molecule has 2 rings (SSSR count). The molecule has 1 atom stereocenters. The molecule has 0 aliphatic heterocycles. The molecule has 0 saturated carbocycles. The van der Waals surface area contributed by atoms with Crippen LogP contribution >= 0.6 is 0 Å². The minimum absolute atomic E-state index is 0.0398. The van der Waals surface area contributed by atoms with Gasteiger partial charge in [-0.3, -0.25) is 4.90 Å². The van der Waals surface area contributed by atoms with Gasteiger partial charge in [-0.05, 0) is 26.1 Å². The number of halogens is 1. The zero-order chi connectivity index (χ0) is 14.5. The van der Waals surface area contributed by atoms with E-state index < -0.39 is 0 Å². The van der Waals surface area contributed by atoms with Crippen LogP contribution in [-0.2, 0) is 6.54 Å². The Morgan fingerprint density at radius 2 is 2.05 bits per heavy atom. The summed E-state index contributed by atoms with van der Waals surface area (Å²) in [6.07, 6.45) is 1.68. The molecule has 20 heavy (non-hydrogen) atoms. The molecule has 0 fully saturated rings. The predicted octanol–water partition coefficient (Wildman–Crippen LogP) is 2.70. The van der Waals surface area contributed by atoms with Gasteiger partial charge in [0, 0.05) is 29.9 Å². The number of aromatic nitrogens is 1. The van der Waals surface area contributed by atoms with Gasteiger partial charge in [-0.25, -0.2) is 15.2 Å². The van der Waals surface area contributed by atoms with Gasteiger partial charge in [0.2, 0.25) is 0 Å². The summed E-state index contributed by atoms with van der Waals surface area (Å²) in [6, 6.07) is 10.6. The highest BCUT2D eigenvalue weighted by molar-refractivity contribution is 5.42. The number of hydrogen-bond donors (Lipinski definition) is 2. The second-order valence-corrected chi connectivity index (χ2v) is 4.77. The molecule has 1 heterocycles. The van der Waals surface area contributed by atoms with Gasteiger partial charge in [0.1, 0.15) is 11.6 Å². The minimum atomic E-state index is -0.185. The third kappa shape index (κ3) is 3.12. The lowest BCUT2D eigenvalue weighted by molar-refractivity contribution is 0.248. The lowest BCUT2D eigenvalue weighted by atomic mass is 10.1. The van der Waals surface area contributed by atoms with E-state index in [0.717, 1.165) is 5.56 Å². The Hall–Kier alpha value is -1.98. The van der Waals surface area contributed by atoms with E-state index >= 15 is 0 Å². The van der Waals surface area contributed by atoms with Crippen molar-refractivity contribution in [1.82, 2.24) is 9.88 Å². The topological polar surface area (TPSA) is 54.2 Å². The predicted molar refractivity (Wildman–Crippen MR) is 78.3 cm³/mol. The van der Waals surface area contributed by atoms with E-state index in [2.05, 4.69) is 15.3 Å². The summed E-state index contributed by atoms with van der Waals surface area (Å²) in [5, 5.41) is 0. The second kappa shape index (κ2) is 6.45. The first-order valence-corrected chi connectivity index (χ1v) is 6.48. The molecule has 0 aliphatic rings. The summed E-state index contributed by atoms with van der Waals surface area (Å²) >= 11 is 0. The van der Waals surface area contributed by atoms with Crippen molar-refractivity contribution < 1.29 is 4.39 Å². The second-order valence-electron chi connectivity index (χ2n) is 4.77. The third-order valence-corrected chi connectivity index (χ3v) is 3.46. The molecule has 0 aliphatic carbocycles. The van der Waals surface area contributed by atoms with Crippen molar-refractivity contribution in [3.05, 3.63) is 59.5 Å². The van der Waals surface area contributed by atoms with Crippen LogP contribution < -0.4 is 11.3 Å². The summed E-state index contributed by atoms with van der Waals surface area (Å²) in [6.45, 7) is 2.60. The largest absolute Gasteiger partial charge is 0.308 e.